The summed E-state index contributed by atoms with van der Waals surface area (Å²) in [5, 5.41) is 6.92. The predicted octanol–water partition coefficient (Wildman–Crippen LogP) is 1.41. The van der Waals surface area contributed by atoms with E-state index >= 15 is 0 Å². The first-order valence-corrected chi connectivity index (χ1v) is 7.67. The normalized spacial score (nSPS) is 18.1. The number of thioether (sulfide) groups is 1. The molecule has 20 heavy (non-hydrogen) atoms. The zero-order valence-electron chi connectivity index (χ0n) is 11.3. The zero-order valence-corrected chi connectivity index (χ0v) is 12.1. The van der Waals surface area contributed by atoms with Crippen LogP contribution in [0.15, 0.2) is 18.7 Å². The zero-order chi connectivity index (χ0) is 13.8. The number of hydrogen-bond donors (Lipinski definition) is 2. The minimum Gasteiger partial charge on any atom is -0.357 e. The molecule has 0 radical (unpaired) electrons. The molecule has 8 heteroatoms. The van der Waals surface area contributed by atoms with E-state index in [1.54, 1.807) is 24.1 Å². The van der Waals surface area contributed by atoms with Crippen LogP contribution in [0.2, 0.25) is 0 Å². The SMILES string of the molecule is CNc1nc(NCC2CCCS2)nc(-n2ccnc2)n1. The molecule has 1 fully saturated rings. The van der Waals surface area contributed by atoms with Gasteiger partial charge in [0.05, 0.1) is 0 Å². The summed E-state index contributed by atoms with van der Waals surface area (Å²) in [5.74, 6) is 2.96. The smallest absolute Gasteiger partial charge is 0.241 e. The fourth-order valence-corrected chi connectivity index (χ4v) is 3.26. The lowest BCUT2D eigenvalue weighted by atomic mass is 10.2. The van der Waals surface area contributed by atoms with Crippen molar-refractivity contribution >= 4 is 23.7 Å². The second-order valence-corrected chi connectivity index (χ2v) is 5.93. The number of nitrogens with one attached hydrogen (secondary N) is 2. The lowest BCUT2D eigenvalue weighted by Gasteiger charge is -2.11. The van der Waals surface area contributed by atoms with Gasteiger partial charge in [0.15, 0.2) is 0 Å². The topological polar surface area (TPSA) is 80.5 Å². The lowest BCUT2D eigenvalue weighted by Crippen LogP contribution is -2.17. The molecule has 1 unspecified atom stereocenters. The van der Waals surface area contributed by atoms with E-state index in [1.165, 1.54) is 18.6 Å². The molecule has 3 rings (SSSR count). The first-order chi connectivity index (χ1) is 9.85. The van der Waals surface area contributed by atoms with Crippen LogP contribution < -0.4 is 10.6 Å². The first-order valence-electron chi connectivity index (χ1n) is 6.63. The highest BCUT2D eigenvalue weighted by Gasteiger charge is 2.16. The maximum absolute atomic E-state index is 4.43. The van der Waals surface area contributed by atoms with Crippen molar-refractivity contribution in [2.75, 3.05) is 30.0 Å². The van der Waals surface area contributed by atoms with Crippen LogP contribution in [0, 0.1) is 0 Å². The Kier molecular flexibility index (Phi) is 4.00. The number of anilines is 2. The van der Waals surface area contributed by atoms with E-state index in [1.807, 2.05) is 18.0 Å². The Labute approximate surface area is 121 Å². The molecular formula is C12H17N7S. The van der Waals surface area contributed by atoms with E-state index in [-0.39, 0.29) is 0 Å². The van der Waals surface area contributed by atoms with Crippen molar-refractivity contribution < 1.29 is 0 Å². The summed E-state index contributed by atoms with van der Waals surface area (Å²) in [5.41, 5.74) is 0. The van der Waals surface area contributed by atoms with Gasteiger partial charge in [0.25, 0.3) is 0 Å². The van der Waals surface area contributed by atoms with Crippen LogP contribution in [0.4, 0.5) is 11.9 Å². The molecule has 1 aliphatic rings. The Morgan fingerprint density at radius 1 is 1.35 bits per heavy atom. The molecule has 3 heterocycles. The van der Waals surface area contributed by atoms with Crippen LogP contribution in [0.5, 0.6) is 0 Å². The van der Waals surface area contributed by atoms with Gasteiger partial charge in [-0.25, -0.2) is 4.98 Å². The Bertz CT molecular complexity index is 551. The average Bonchev–Trinajstić information content (AvgIpc) is 3.17. The standard InChI is InChI=1S/C12H17N7S/c1-13-10-16-11(15-7-9-3-2-6-20-9)18-12(17-10)19-5-4-14-8-19/h4-5,8-9H,2-3,6-7H2,1H3,(H2,13,15,16,17,18). The summed E-state index contributed by atoms with van der Waals surface area (Å²) in [6.07, 6.45) is 7.74. The Balaban J connectivity index is 1.77. The number of nitrogens with zero attached hydrogens (tertiary/aromatic N) is 5. The molecule has 1 saturated heterocycles. The Morgan fingerprint density at radius 3 is 2.95 bits per heavy atom. The van der Waals surface area contributed by atoms with Gasteiger partial charge in [0.2, 0.25) is 17.8 Å². The van der Waals surface area contributed by atoms with Crippen molar-refractivity contribution in [1.29, 1.82) is 0 Å². The Morgan fingerprint density at radius 2 is 2.25 bits per heavy atom. The number of aromatic nitrogens is 5. The van der Waals surface area contributed by atoms with Gasteiger partial charge in [0.1, 0.15) is 6.33 Å². The molecule has 0 spiro atoms. The predicted molar refractivity (Wildman–Crippen MR) is 80.5 cm³/mol. The molecule has 0 aromatic carbocycles. The highest BCUT2D eigenvalue weighted by Crippen LogP contribution is 2.26. The van der Waals surface area contributed by atoms with Gasteiger partial charge in [-0.2, -0.15) is 26.7 Å². The van der Waals surface area contributed by atoms with Crippen molar-refractivity contribution in [1.82, 2.24) is 24.5 Å². The molecule has 2 aromatic heterocycles. The van der Waals surface area contributed by atoms with Crippen LogP contribution >= 0.6 is 11.8 Å². The summed E-state index contributed by atoms with van der Waals surface area (Å²) in [6, 6.07) is 0. The van der Waals surface area contributed by atoms with Gasteiger partial charge < -0.3 is 10.6 Å². The number of imidazole rings is 1. The largest absolute Gasteiger partial charge is 0.357 e. The van der Waals surface area contributed by atoms with Crippen LogP contribution in [-0.4, -0.2) is 49.1 Å². The highest BCUT2D eigenvalue weighted by atomic mass is 32.2. The molecule has 0 bridgehead atoms. The van der Waals surface area contributed by atoms with Gasteiger partial charge >= 0.3 is 0 Å². The van der Waals surface area contributed by atoms with Crippen LogP contribution in [0.1, 0.15) is 12.8 Å². The van der Waals surface area contributed by atoms with Gasteiger partial charge in [-0.3, -0.25) is 4.57 Å². The maximum Gasteiger partial charge on any atom is 0.241 e. The molecule has 2 N–H and O–H groups in total. The molecular weight excluding hydrogens is 274 g/mol. The molecule has 106 valence electrons. The van der Waals surface area contributed by atoms with E-state index in [2.05, 4.69) is 30.6 Å². The second-order valence-electron chi connectivity index (χ2n) is 4.52. The van der Waals surface area contributed by atoms with E-state index in [9.17, 15) is 0 Å². The summed E-state index contributed by atoms with van der Waals surface area (Å²) in [4.78, 5) is 17.1. The molecule has 1 aliphatic heterocycles. The van der Waals surface area contributed by atoms with E-state index in [0.717, 1.165) is 6.54 Å². The molecule has 0 amide bonds. The second kappa shape index (κ2) is 6.08. The van der Waals surface area contributed by atoms with Crippen molar-refractivity contribution in [3.8, 4) is 5.95 Å². The van der Waals surface area contributed by atoms with Gasteiger partial charge in [-0.05, 0) is 18.6 Å². The fourth-order valence-electron chi connectivity index (χ4n) is 2.06. The third-order valence-electron chi connectivity index (χ3n) is 3.09. The number of rotatable bonds is 5. The third-order valence-corrected chi connectivity index (χ3v) is 4.49. The Hall–Kier alpha value is -1.83. The molecule has 2 aromatic rings. The third kappa shape index (κ3) is 3.01. The highest BCUT2D eigenvalue weighted by molar-refractivity contribution is 8.00. The van der Waals surface area contributed by atoms with Crippen LogP contribution in [-0.2, 0) is 0 Å². The lowest BCUT2D eigenvalue weighted by molar-refractivity contribution is 0.796. The monoisotopic (exact) mass is 291 g/mol. The fraction of sp³-hybridized carbons (Fsp3) is 0.500. The van der Waals surface area contributed by atoms with E-state index in [0.29, 0.717) is 23.1 Å². The van der Waals surface area contributed by atoms with Crippen LogP contribution in [0.3, 0.4) is 0 Å². The first kappa shape index (κ1) is 13.2. The summed E-state index contributed by atoms with van der Waals surface area (Å²) in [6.45, 7) is 0.890. The van der Waals surface area contributed by atoms with Gasteiger partial charge in [0, 0.05) is 31.2 Å². The molecule has 0 saturated carbocycles. The number of hydrogen-bond acceptors (Lipinski definition) is 7. The maximum atomic E-state index is 4.43. The van der Waals surface area contributed by atoms with Crippen molar-refractivity contribution in [2.45, 2.75) is 18.1 Å². The van der Waals surface area contributed by atoms with Crippen molar-refractivity contribution in [3.63, 3.8) is 0 Å². The van der Waals surface area contributed by atoms with E-state index < -0.39 is 0 Å². The average molecular weight is 291 g/mol. The molecule has 1 atom stereocenters. The van der Waals surface area contributed by atoms with Crippen LogP contribution in [0.25, 0.3) is 5.95 Å². The van der Waals surface area contributed by atoms with E-state index in [4.69, 9.17) is 0 Å². The summed E-state index contributed by atoms with van der Waals surface area (Å²) < 4.78 is 1.76. The quantitative estimate of drug-likeness (QED) is 0.862. The molecule has 0 aliphatic carbocycles. The van der Waals surface area contributed by atoms with Gasteiger partial charge in [-0.15, -0.1) is 0 Å². The summed E-state index contributed by atoms with van der Waals surface area (Å²) in [7, 11) is 1.80. The molecule has 7 nitrogen and oxygen atoms in total. The van der Waals surface area contributed by atoms with Crippen molar-refractivity contribution in [3.05, 3.63) is 18.7 Å². The summed E-state index contributed by atoms with van der Waals surface area (Å²) >= 11 is 2.01. The minimum atomic E-state index is 0.547. The minimum absolute atomic E-state index is 0.547. The van der Waals surface area contributed by atoms with Gasteiger partial charge in [-0.1, -0.05) is 0 Å². The van der Waals surface area contributed by atoms with Crippen molar-refractivity contribution in [2.24, 2.45) is 0 Å².